The standard InChI is InChI=1S/C4H8IN5/c5-10-4(9)2(1-6)3(7)8/h1,6,10H,9H2,(H3,7,8)/b4-2-,6-1?. The van der Waals surface area contributed by atoms with Crippen LogP contribution in [0.5, 0.6) is 0 Å². The van der Waals surface area contributed by atoms with E-state index in [1.807, 2.05) is 0 Å². The van der Waals surface area contributed by atoms with Crippen molar-refractivity contribution in [3.63, 3.8) is 0 Å². The minimum atomic E-state index is -0.211. The van der Waals surface area contributed by atoms with Gasteiger partial charge in [0.15, 0.2) is 0 Å². The second-order valence-corrected chi connectivity index (χ2v) is 2.02. The van der Waals surface area contributed by atoms with Crippen LogP contribution in [0, 0.1) is 10.8 Å². The van der Waals surface area contributed by atoms with Crippen molar-refractivity contribution in [1.82, 2.24) is 3.53 Å². The van der Waals surface area contributed by atoms with Crippen LogP contribution < -0.4 is 15.0 Å². The zero-order valence-electron chi connectivity index (χ0n) is 5.11. The normalized spacial score (nSPS) is 11.7. The largest absolute Gasteiger partial charge is 0.384 e. The van der Waals surface area contributed by atoms with Crippen LogP contribution in [0.15, 0.2) is 11.4 Å². The number of nitrogens with one attached hydrogen (secondary N) is 3. The van der Waals surface area contributed by atoms with Gasteiger partial charge in [-0.15, -0.1) is 0 Å². The topological polar surface area (TPSA) is 112 Å². The van der Waals surface area contributed by atoms with Gasteiger partial charge in [0.05, 0.1) is 28.4 Å². The summed E-state index contributed by atoms with van der Waals surface area (Å²) in [6.07, 6.45) is 0.934. The molecule has 0 atom stereocenters. The van der Waals surface area contributed by atoms with Crippen molar-refractivity contribution < 1.29 is 0 Å². The Kier molecular flexibility index (Phi) is 3.77. The Hall–Kier alpha value is -0.790. The smallest absolute Gasteiger partial charge is 0.128 e. The summed E-state index contributed by atoms with van der Waals surface area (Å²) in [6.45, 7) is 0. The monoisotopic (exact) mass is 253 g/mol. The van der Waals surface area contributed by atoms with Crippen molar-refractivity contribution >= 4 is 34.9 Å². The van der Waals surface area contributed by atoms with Crippen molar-refractivity contribution in [2.45, 2.75) is 0 Å². The van der Waals surface area contributed by atoms with Gasteiger partial charge in [0.1, 0.15) is 11.7 Å². The van der Waals surface area contributed by atoms with Gasteiger partial charge in [0, 0.05) is 6.21 Å². The average molecular weight is 253 g/mol. The molecule has 0 radical (unpaired) electrons. The van der Waals surface area contributed by atoms with E-state index in [2.05, 4.69) is 3.53 Å². The van der Waals surface area contributed by atoms with E-state index in [0.29, 0.717) is 0 Å². The van der Waals surface area contributed by atoms with Crippen molar-refractivity contribution in [2.75, 3.05) is 0 Å². The first-order valence-electron chi connectivity index (χ1n) is 2.34. The summed E-state index contributed by atoms with van der Waals surface area (Å²) >= 11 is 1.80. The molecule has 56 valence electrons. The molecule has 0 aromatic carbocycles. The molecule has 0 unspecified atom stereocenters. The molecule has 0 fully saturated rings. The van der Waals surface area contributed by atoms with Crippen molar-refractivity contribution in [3.8, 4) is 0 Å². The summed E-state index contributed by atoms with van der Waals surface area (Å²) in [5.41, 5.74) is 10.6. The fourth-order valence-electron chi connectivity index (χ4n) is 0.351. The summed E-state index contributed by atoms with van der Waals surface area (Å²) in [5.74, 6) is 0.0137. The molecule has 0 aromatic heterocycles. The molecule has 0 amide bonds. The van der Waals surface area contributed by atoms with Crippen LogP contribution in [-0.2, 0) is 0 Å². The highest BCUT2D eigenvalue weighted by Gasteiger charge is 2.01. The second-order valence-electron chi connectivity index (χ2n) is 1.48. The van der Waals surface area contributed by atoms with Crippen molar-refractivity contribution in [2.24, 2.45) is 11.5 Å². The Morgan fingerprint density at radius 1 is 1.50 bits per heavy atom. The van der Waals surface area contributed by atoms with E-state index >= 15 is 0 Å². The van der Waals surface area contributed by atoms with Crippen LogP contribution in [0.1, 0.15) is 0 Å². The maximum absolute atomic E-state index is 6.93. The fraction of sp³-hybridized carbons (Fsp3) is 0. The number of amidine groups is 1. The zero-order valence-corrected chi connectivity index (χ0v) is 7.27. The number of hydrogen-bond acceptors (Lipinski definition) is 4. The highest BCUT2D eigenvalue weighted by Crippen LogP contribution is 1.92. The summed E-state index contributed by atoms with van der Waals surface area (Å²) in [7, 11) is 0. The molecule has 0 saturated carbocycles. The molecule has 0 heterocycles. The van der Waals surface area contributed by atoms with E-state index in [1.165, 1.54) is 0 Å². The minimum absolute atomic E-state index is 0.203. The third-order valence-corrected chi connectivity index (χ3v) is 1.41. The molecular formula is C4H8IN5. The van der Waals surface area contributed by atoms with Gasteiger partial charge in [0.25, 0.3) is 0 Å². The Morgan fingerprint density at radius 2 is 2.00 bits per heavy atom. The van der Waals surface area contributed by atoms with Gasteiger partial charge in [0.2, 0.25) is 0 Å². The maximum atomic E-state index is 6.93. The molecule has 0 aliphatic heterocycles. The first-order valence-corrected chi connectivity index (χ1v) is 3.42. The first-order chi connectivity index (χ1) is 4.63. The third-order valence-electron chi connectivity index (χ3n) is 0.826. The van der Waals surface area contributed by atoms with E-state index in [9.17, 15) is 0 Å². The molecule has 0 aliphatic rings. The Balaban J connectivity index is 4.62. The Morgan fingerprint density at radius 3 is 2.10 bits per heavy atom. The molecule has 10 heavy (non-hydrogen) atoms. The van der Waals surface area contributed by atoms with E-state index in [-0.39, 0.29) is 17.2 Å². The fourth-order valence-corrected chi connectivity index (χ4v) is 0.642. The van der Waals surface area contributed by atoms with E-state index in [1.54, 1.807) is 22.9 Å². The van der Waals surface area contributed by atoms with E-state index in [4.69, 9.17) is 22.3 Å². The van der Waals surface area contributed by atoms with Crippen LogP contribution in [0.25, 0.3) is 0 Å². The lowest BCUT2D eigenvalue weighted by Gasteiger charge is -2.01. The molecule has 0 rings (SSSR count). The van der Waals surface area contributed by atoms with Crippen molar-refractivity contribution in [3.05, 3.63) is 11.4 Å². The van der Waals surface area contributed by atoms with Crippen LogP contribution in [0.3, 0.4) is 0 Å². The SMILES string of the molecule is N=C/C(C(=N)N)=C(\N)NI. The molecule has 0 aromatic rings. The molecule has 0 saturated heterocycles. The molecular weight excluding hydrogens is 245 g/mol. The van der Waals surface area contributed by atoms with Gasteiger partial charge in [-0.3, -0.25) is 5.41 Å². The van der Waals surface area contributed by atoms with Gasteiger partial charge in [-0.25, -0.2) is 0 Å². The Labute approximate surface area is 72.4 Å². The van der Waals surface area contributed by atoms with E-state index in [0.717, 1.165) is 6.21 Å². The number of halogens is 1. The molecule has 0 spiro atoms. The van der Waals surface area contributed by atoms with Crippen molar-refractivity contribution in [1.29, 1.82) is 10.8 Å². The highest BCUT2D eigenvalue weighted by molar-refractivity contribution is 14.1. The van der Waals surface area contributed by atoms with Crippen LogP contribution in [0.4, 0.5) is 0 Å². The second kappa shape index (κ2) is 4.09. The van der Waals surface area contributed by atoms with E-state index < -0.39 is 0 Å². The number of nitrogens with two attached hydrogens (primary N) is 2. The Bertz CT molecular complexity index is 184. The molecule has 6 heteroatoms. The van der Waals surface area contributed by atoms with Gasteiger partial charge in [-0.2, -0.15) is 0 Å². The van der Waals surface area contributed by atoms with Gasteiger partial charge >= 0.3 is 0 Å². The number of rotatable bonds is 3. The lowest BCUT2D eigenvalue weighted by atomic mass is 10.3. The average Bonchev–Trinajstić information content (AvgIpc) is 1.88. The predicted molar refractivity (Wildman–Crippen MR) is 49.1 cm³/mol. The summed E-state index contributed by atoms with van der Waals surface area (Å²) in [5, 5.41) is 13.7. The molecule has 0 bridgehead atoms. The predicted octanol–water partition coefficient (Wildman–Crippen LogP) is -0.318. The molecule has 0 aliphatic carbocycles. The van der Waals surface area contributed by atoms with Crippen LogP contribution in [0.2, 0.25) is 0 Å². The first kappa shape index (κ1) is 9.21. The summed E-state index contributed by atoms with van der Waals surface area (Å²) in [4.78, 5) is 0. The van der Waals surface area contributed by atoms with Gasteiger partial charge in [-0.05, 0) is 0 Å². The van der Waals surface area contributed by atoms with Gasteiger partial charge < -0.3 is 20.4 Å². The van der Waals surface area contributed by atoms with Crippen LogP contribution >= 0.6 is 22.9 Å². The highest BCUT2D eigenvalue weighted by atomic mass is 127. The third kappa shape index (κ3) is 2.21. The number of hydrogen-bond donors (Lipinski definition) is 5. The quantitative estimate of drug-likeness (QED) is 0.206. The maximum Gasteiger partial charge on any atom is 0.128 e. The van der Waals surface area contributed by atoms with Crippen LogP contribution in [-0.4, -0.2) is 12.1 Å². The lowest BCUT2D eigenvalue weighted by molar-refractivity contribution is 1.18. The zero-order chi connectivity index (χ0) is 8.15. The summed E-state index contributed by atoms with van der Waals surface area (Å²) < 4.78 is 2.55. The lowest BCUT2D eigenvalue weighted by Crippen LogP contribution is -2.23. The van der Waals surface area contributed by atoms with Gasteiger partial charge in [-0.1, -0.05) is 0 Å². The molecule has 5 nitrogen and oxygen atoms in total. The minimum Gasteiger partial charge on any atom is -0.384 e. The summed E-state index contributed by atoms with van der Waals surface area (Å²) in [6, 6.07) is 0. The molecule has 7 N–H and O–H groups in total.